The molecule has 0 saturated carbocycles. The highest BCUT2D eigenvalue weighted by molar-refractivity contribution is 14.0. The highest BCUT2D eigenvalue weighted by Crippen LogP contribution is 2.19. The van der Waals surface area contributed by atoms with E-state index >= 15 is 0 Å². The number of rotatable bonds is 4. The van der Waals surface area contributed by atoms with Gasteiger partial charge in [0.05, 0.1) is 6.54 Å². The van der Waals surface area contributed by atoms with Crippen molar-refractivity contribution in [3.63, 3.8) is 0 Å². The van der Waals surface area contributed by atoms with Gasteiger partial charge < -0.3 is 15.5 Å². The van der Waals surface area contributed by atoms with Crippen LogP contribution in [0.3, 0.4) is 0 Å². The van der Waals surface area contributed by atoms with Crippen LogP contribution in [-0.4, -0.2) is 72.6 Å². The van der Waals surface area contributed by atoms with Crippen LogP contribution in [-0.2, 0) is 0 Å². The highest BCUT2D eigenvalue weighted by Gasteiger charge is 2.22. The number of anilines is 1. The Morgan fingerprint density at radius 2 is 2.12 bits per heavy atom. The molecule has 142 valence electrons. The van der Waals surface area contributed by atoms with Gasteiger partial charge in [-0.3, -0.25) is 9.89 Å². The molecule has 1 aromatic heterocycles. The monoisotopic (exact) mass is 478 g/mol. The Morgan fingerprint density at radius 1 is 1.36 bits per heavy atom. The van der Waals surface area contributed by atoms with Crippen LogP contribution in [0.15, 0.2) is 16.6 Å². The zero-order valence-electron chi connectivity index (χ0n) is 15.3. The van der Waals surface area contributed by atoms with E-state index in [2.05, 4.69) is 38.5 Å². The number of hydrogen-bond acceptors (Lipinski definition) is 5. The maximum absolute atomic E-state index is 6.24. The fourth-order valence-corrected chi connectivity index (χ4v) is 4.26. The topological polar surface area (TPSA) is 61.0 Å². The second-order valence-corrected chi connectivity index (χ2v) is 7.95. The average Bonchev–Trinajstić information content (AvgIpc) is 3.14. The predicted octanol–water partition coefficient (Wildman–Crippen LogP) is 2.32. The molecule has 2 N–H and O–H groups in total. The summed E-state index contributed by atoms with van der Waals surface area (Å²) >= 11 is 1.70. The molecule has 3 heterocycles. The second-order valence-electron chi connectivity index (χ2n) is 7.08. The van der Waals surface area contributed by atoms with E-state index in [-0.39, 0.29) is 24.0 Å². The molecule has 0 aromatic carbocycles. The lowest BCUT2D eigenvalue weighted by molar-refractivity contribution is 0.142. The van der Waals surface area contributed by atoms with E-state index in [1.54, 1.807) is 11.3 Å². The van der Waals surface area contributed by atoms with E-state index in [0.29, 0.717) is 12.0 Å². The minimum atomic E-state index is 0. The molecule has 3 rings (SSSR count). The van der Waals surface area contributed by atoms with Gasteiger partial charge >= 0.3 is 0 Å². The first-order valence-corrected chi connectivity index (χ1v) is 9.95. The third-order valence-corrected chi connectivity index (χ3v) is 5.95. The fourth-order valence-electron chi connectivity index (χ4n) is 3.57. The maximum atomic E-state index is 6.24. The Morgan fingerprint density at radius 3 is 2.76 bits per heavy atom. The van der Waals surface area contributed by atoms with Crippen LogP contribution in [0, 0.1) is 5.92 Å². The molecular formula is C17H31IN6S. The lowest BCUT2D eigenvalue weighted by Crippen LogP contribution is -2.51. The van der Waals surface area contributed by atoms with E-state index in [4.69, 9.17) is 5.73 Å². The van der Waals surface area contributed by atoms with E-state index in [0.717, 1.165) is 43.8 Å². The number of nitrogens with zero attached hydrogens (tertiary/aromatic N) is 5. The number of guanidine groups is 1. The number of piperazine rings is 1. The van der Waals surface area contributed by atoms with Crippen molar-refractivity contribution >= 4 is 46.4 Å². The van der Waals surface area contributed by atoms with Crippen LogP contribution >= 0.6 is 35.3 Å². The molecule has 2 saturated heterocycles. The van der Waals surface area contributed by atoms with Gasteiger partial charge in [0.2, 0.25) is 0 Å². The summed E-state index contributed by atoms with van der Waals surface area (Å²) in [5, 5.41) is 3.14. The van der Waals surface area contributed by atoms with Gasteiger partial charge in [-0.15, -0.1) is 35.3 Å². The molecule has 2 fully saturated rings. The van der Waals surface area contributed by atoms with E-state index in [1.807, 2.05) is 11.6 Å². The summed E-state index contributed by atoms with van der Waals surface area (Å²) in [6.45, 7) is 11.6. The number of hydrogen-bond donors (Lipinski definition) is 1. The lowest BCUT2D eigenvalue weighted by atomic mass is 9.99. The summed E-state index contributed by atoms with van der Waals surface area (Å²) in [6.07, 6.45) is 4.53. The smallest absolute Gasteiger partial charge is 0.191 e. The van der Waals surface area contributed by atoms with Gasteiger partial charge in [0.1, 0.15) is 0 Å². The Balaban J connectivity index is 0.00000225. The quantitative estimate of drug-likeness (QED) is 0.409. The van der Waals surface area contributed by atoms with Gasteiger partial charge in [-0.25, -0.2) is 4.98 Å². The summed E-state index contributed by atoms with van der Waals surface area (Å²) in [5.74, 6) is 1.51. The molecule has 0 radical (unpaired) electrons. The number of piperidine rings is 1. The van der Waals surface area contributed by atoms with Gasteiger partial charge in [0.25, 0.3) is 0 Å². The van der Waals surface area contributed by atoms with E-state index in [1.165, 1.54) is 25.9 Å². The minimum Gasteiger partial charge on any atom is -0.370 e. The normalized spacial score (nSPS) is 24.1. The molecule has 2 aliphatic heterocycles. The number of aliphatic imine (C=N–C) groups is 1. The minimum absolute atomic E-state index is 0. The predicted molar refractivity (Wildman–Crippen MR) is 117 cm³/mol. The molecule has 0 spiro atoms. The number of nitrogens with two attached hydrogens (primary N) is 1. The molecule has 0 bridgehead atoms. The molecule has 8 heteroatoms. The van der Waals surface area contributed by atoms with Crippen LogP contribution in [0.25, 0.3) is 0 Å². The molecule has 0 amide bonds. The Hall–Kier alpha value is -0.610. The summed E-state index contributed by atoms with van der Waals surface area (Å²) in [4.78, 5) is 16.2. The molecule has 25 heavy (non-hydrogen) atoms. The zero-order valence-corrected chi connectivity index (χ0v) is 18.5. The lowest BCUT2D eigenvalue weighted by Gasteiger charge is -2.36. The highest BCUT2D eigenvalue weighted by atomic mass is 127. The van der Waals surface area contributed by atoms with E-state index < -0.39 is 0 Å². The number of likely N-dealkylation sites (tertiary alicyclic amines) is 1. The largest absolute Gasteiger partial charge is 0.370 e. The van der Waals surface area contributed by atoms with Crippen LogP contribution in [0.1, 0.15) is 26.7 Å². The summed E-state index contributed by atoms with van der Waals surface area (Å²) in [6, 6.07) is 0.475. The van der Waals surface area contributed by atoms with Crippen molar-refractivity contribution in [3.8, 4) is 0 Å². The molecule has 2 unspecified atom stereocenters. The third kappa shape index (κ3) is 5.68. The Kier molecular flexibility index (Phi) is 8.21. The zero-order chi connectivity index (χ0) is 16.9. The standard InChI is InChI=1S/C17H30N6S.HI/c1-14-4-3-6-23(13-14)15(2)12-20-16(18)21-7-9-22(10-8-21)17-19-5-11-24-17;/h5,11,14-15H,3-4,6-10,12-13H2,1-2H3,(H2,18,20);1H. The van der Waals surface area contributed by atoms with Crippen molar-refractivity contribution < 1.29 is 0 Å². The summed E-state index contributed by atoms with van der Waals surface area (Å²) in [7, 11) is 0. The molecular weight excluding hydrogens is 447 g/mol. The second kappa shape index (κ2) is 9.91. The fraction of sp³-hybridized carbons (Fsp3) is 0.765. The first kappa shape index (κ1) is 20.7. The van der Waals surface area contributed by atoms with Crippen molar-refractivity contribution in [1.29, 1.82) is 0 Å². The maximum Gasteiger partial charge on any atom is 0.191 e. The van der Waals surface area contributed by atoms with Gasteiger partial charge in [-0.1, -0.05) is 6.92 Å². The number of thiazole rings is 1. The first-order valence-electron chi connectivity index (χ1n) is 9.07. The molecule has 1 aromatic rings. The van der Waals surface area contributed by atoms with Crippen molar-refractivity contribution in [1.82, 2.24) is 14.8 Å². The van der Waals surface area contributed by atoms with Crippen LogP contribution in [0.5, 0.6) is 0 Å². The molecule has 6 nitrogen and oxygen atoms in total. The van der Waals surface area contributed by atoms with Crippen LogP contribution in [0.2, 0.25) is 0 Å². The average molecular weight is 478 g/mol. The van der Waals surface area contributed by atoms with Crippen molar-refractivity contribution in [2.24, 2.45) is 16.6 Å². The van der Waals surface area contributed by atoms with E-state index in [9.17, 15) is 0 Å². The third-order valence-electron chi connectivity index (χ3n) is 5.12. The first-order chi connectivity index (χ1) is 11.6. The summed E-state index contributed by atoms with van der Waals surface area (Å²) in [5.41, 5.74) is 6.24. The number of aromatic nitrogens is 1. The van der Waals surface area contributed by atoms with Crippen molar-refractivity contribution in [2.45, 2.75) is 32.7 Å². The summed E-state index contributed by atoms with van der Waals surface area (Å²) < 4.78 is 0. The SMILES string of the molecule is CC1CCCN(C(C)CN=C(N)N2CCN(c3nccs3)CC2)C1.I. The number of halogens is 1. The van der Waals surface area contributed by atoms with Crippen molar-refractivity contribution in [2.75, 3.05) is 50.7 Å². The van der Waals surface area contributed by atoms with Gasteiger partial charge in [-0.2, -0.15) is 0 Å². The molecule has 0 aliphatic carbocycles. The van der Waals surface area contributed by atoms with Gasteiger partial charge in [0, 0.05) is 50.3 Å². The Labute approximate surface area is 172 Å². The molecule has 2 aliphatic rings. The van der Waals surface area contributed by atoms with Crippen LogP contribution in [0.4, 0.5) is 5.13 Å². The van der Waals surface area contributed by atoms with Crippen molar-refractivity contribution in [3.05, 3.63) is 11.6 Å². The molecule has 2 atom stereocenters. The van der Waals surface area contributed by atoms with Crippen LogP contribution < -0.4 is 10.6 Å². The Bertz CT molecular complexity index is 529. The van der Waals surface area contributed by atoms with Gasteiger partial charge in [0.15, 0.2) is 11.1 Å². The van der Waals surface area contributed by atoms with Gasteiger partial charge in [-0.05, 0) is 32.2 Å².